The summed E-state index contributed by atoms with van der Waals surface area (Å²) in [5.74, 6) is 0.539. The Morgan fingerprint density at radius 3 is 2.50 bits per heavy atom. The van der Waals surface area contributed by atoms with E-state index in [1.807, 2.05) is 12.1 Å². The first-order chi connectivity index (χ1) is 16.6. The van der Waals surface area contributed by atoms with E-state index in [1.54, 1.807) is 6.07 Å². The van der Waals surface area contributed by atoms with E-state index in [2.05, 4.69) is 5.32 Å². The van der Waals surface area contributed by atoms with E-state index >= 15 is 0 Å². The van der Waals surface area contributed by atoms with Gasteiger partial charge in [0.1, 0.15) is 5.82 Å². The fraction of sp³-hybridized carbons (Fsp3) is 0.778. The molecule has 34 heavy (non-hydrogen) atoms. The molecule has 4 aliphatic rings. The second kappa shape index (κ2) is 10.9. The summed E-state index contributed by atoms with van der Waals surface area (Å²) in [4.78, 5) is 0. The van der Waals surface area contributed by atoms with Gasteiger partial charge in [0.25, 0.3) is 0 Å². The summed E-state index contributed by atoms with van der Waals surface area (Å²) in [7, 11) is 0. The summed E-state index contributed by atoms with van der Waals surface area (Å²) in [6, 6.07) is 6.98. The minimum absolute atomic E-state index is 0.0765. The SMILES string of the molecule is NCCC1CCC2(CC1)OCC(C1CC3(CCC1CCNCc1ccccc1F)OCCO3)O2. The molecule has 0 aromatic heterocycles. The maximum absolute atomic E-state index is 13.9. The minimum Gasteiger partial charge on any atom is -0.348 e. The van der Waals surface area contributed by atoms with Crippen LogP contribution in [-0.4, -0.2) is 50.6 Å². The number of benzene rings is 1. The largest absolute Gasteiger partial charge is 0.348 e. The molecule has 2 aliphatic heterocycles. The summed E-state index contributed by atoms with van der Waals surface area (Å²) >= 11 is 0. The molecule has 1 aromatic carbocycles. The van der Waals surface area contributed by atoms with Gasteiger partial charge in [0, 0.05) is 37.8 Å². The second-order valence-corrected chi connectivity index (χ2v) is 10.7. The van der Waals surface area contributed by atoms with Gasteiger partial charge in [-0.25, -0.2) is 4.39 Å². The monoisotopic (exact) mass is 476 g/mol. The van der Waals surface area contributed by atoms with E-state index in [0.29, 0.717) is 49.7 Å². The van der Waals surface area contributed by atoms with Crippen molar-refractivity contribution in [2.45, 2.75) is 82.0 Å². The zero-order chi connectivity index (χ0) is 23.4. The molecule has 4 fully saturated rings. The number of rotatable bonds is 8. The zero-order valence-electron chi connectivity index (χ0n) is 20.3. The number of nitrogens with two attached hydrogens (primary N) is 1. The normalized spacial score (nSPS) is 32.5. The fourth-order valence-corrected chi connectivity index (χ4v) is 6.65. The van der Waals surface area contributed by atoms with Crippen LogP contribution in [0.1, 0.15) is 63.4 Å². The van der Waals surface area contributed by atoms with Crippen molar-refractivity contribution in [2.75, 3.05) is 32.9 Å². The third kappa shape index (κ3) is 5.50. The molecule has 2 spiro atoms. The van der Waals surface area contributed by atoms with Crippen LogP contribution in [0.2, 0.25) is 0 Å². The Kier molecular flexibility index (Phi) is 7.88. The van der Waals surface area contributed by atoms with Crippen molar-refractivity contribution in [3.63, 3.8) is 0 Å². The highest BCUT2D eigenvalue weighted by atomic mass is 19.1. The Labute approximate surface area is 203 Å². The molecule has 2 saturated carbocycles. The highest BCUT2D eigenvalue weighted by Crippen LogP contribution is 2.49. The predicted octanol–water partition coefficient (Wildman–Crippen LogP) is 4.12. The Morgan fingerprint density at radius 2 is 1.74 bits per heavy atom. The van der Waals surface area contributed by atoms with Gasteiger partial charge in [0.15, 0.2) is 11.6 Å². The lowest BCUT2D eigenvalue weighted by Crippen LogP contribution is -2.46. The Bertz CT molecular complexity index is 795. The predicted molar refractivity (Wildman–Crippen MR) is 127 cm³/mol. The summed E-state index contributed by atoms with van der Waals surface area (Å²) in [6.07, 6.45) is 9.25. The highest BCUT2D eigenvalue weighted by molar-refractivity contribution is 5.16. The van der Waals surface area contributed by atoms with Gasteiger partial charge in [0.2, 0.25) is 0 Å². The molecule has 6 nitrogen and oxygen atoms in total. The first-order valence-electron chi connectivity index (χ1n) is 13.3. The molecule has 0 radical (unpaired) electrons. The third-order valence-electron chi connectivity index (χ3n) is 8.62. The Balaban J connectivity index is 1.19. The van der Waals surface area contributed by atoms with Gasteiger partial charge in [-0.2, -0.15) is 0 Å². The number of nitrogens with one attached hydrogen (secondary N) is 1. The maximum atomic E-state index is 13.9. The molecule has 2 heterocycles. The molecule has 3 unspecified atom stereocenters. The molecule has 3 atom stereocenters. The summed E-state index contributed by atoms with van der Waals surface area (Å²) in [6.45, 7) is 4.17. The summed E-state index contributed by atoms with van der Waals surface area (Å²) < 4.78 is 39.3. The molecule has 7 heteroatoms. The molecule has 3 N–H and O–H groups in total. The van der Waals surface area contributed by atoms with Crippen molar-refractivity contribution in [1.29, 1.82) is 0 Å². The average molecular weight is 477 g/mol. The van der Waals surface area contributed by atoms with E-state index in [-0.39, 0.29) is 11.9 Å². The van der Waals surface area contributed by atoms with Gasteiger partial charge in [0.05, 0.1) is 25.9 Å². The van der Waals surface area contributed by atoms with Crippen LogP contribution in [0.25, 0.3) is 0 Å². The van der Waals surface area contributed by atoms with Crippen molar-refractivity contribution >= 4 is 0 Å². The van der Waals surface area contributed by atoms with Crippen molar-refractivity contribution in [2.24, 2.45) is 23.5 Å². The van der Waals surface area contributed by atoms with Crippen molar-refractivity contribution in [3.05, 3.63) is 35.6 Å². The van der Waals surface area contributed by atoms with E-state index in [9.17, 15) is 4.39 Å². The van der Waals surface area contributed by atoms with Crippen molar-refractivity contribution in [3.8, 4) is 0 Å². The van der Waals surface area contributed by atoms with E-state index in [1.165, 1.54) is 6.07 Å². The molecule has 190 valence electrons. The van der Waals surface area contributed by atoms with Gasteiger partial charge in [-0.15, -0.1) is 0 Å². The number of ether oxygens (including phenoxy) is 4. The minimum atomic E-state index is -0.445. The summed E-state index contributed by atoms with van der Waals surface area (Å²) in [5, 5.41) is 3.45. The van der Waals surface area contributed by atoms with E-state index < -0.39 is 11.6 Å². The first kappa shape index (κ1) is 24.6. The number of hydrogen-bond donors (Lipinski definition) is 2. The van der Waals surface area contributed by atoms with Crippen LogP contribution in [0.3, 0.4) is 0 Å². The lowest BCUT2D eigenvalue weighted by Gasteiger charge is -2.44. The Hall–Kier alpha value is -1.09. The van der Waals surface area contributed by atoms with Crippen LogP contribution >= 0.6 is 0 Å². The quantitative estimate of drug-likeness (QED) is 0.550. The summed E-state index contributed by atoms with van der Waals surface area (Å²) in [5.41, 5.74) is 6.49. The van der Waals surface area contributed by atoms with Crippen molar-refractivity contribution in [1.82, 2.24) is 5.32 Å². The molecular weight excluding hydrogens is 435 g/mol. The van der Waals surface area contributed by atoms with Crippen LogP contribution in [0.5, 0.6) is 0 Å². The molecule has 5 rings (SSSR count). The van der Waals surface area contributed by atoms with Gasteiger partial charge in [-0.05, 0) is 69.0 Å². The zero-order valence-corrected chi connectivity index (χ0v) is 20.3. The molecule has 2 aliphatic carbocycles. The molecule has 0 bridgehead atoms. The first-order valence-corrected chi connectivity index (χ1v) is 13.3. The van der Waals surface area contributed by atoms with Crippen molar-refractivity contribution < 1.29 is 23.3 Å². The van der Waals surface area contributed by atoms with Crippen LogP contribution in [-0.2, 0) is 25.5 Å². The van der Waals surface area contributed by atoms with Crippen LogP contribution in [0.4, 0.5) is 4.39 Å². The molecule has 1 aromatic rings. The van der Waals surface area contributed by atoms with Crippen LogP contribution in [0.15, 0.2) is 24.3 Å². The van der Waals surface area contributed by atoms with Gasteiger partial charge >= 0.3 is 0 Å². The smallest absolute Gasteiger partial charge is 0.168 e. The molecule has 2 saturated heterocycles. The van der Waals surface area contributed by atoms with Crippen LogP contribution < -0.4 is 11.1 Å². The van der Waals surface area contributed by atoms with E-state index in [4.69, 9.17) is 24.7 Å². The standard InChI is InChI=1S/C27H41FN2O4/c28-24-4-2-1-3-22(24)18-30-14-9-21-7-12-27(31-15-16-32-27)17-23(21)25-19-33-26(34-25)10-5-20(6-11-26)8-13-29/h1-4,20-21,23,25,30H,5-19,29H2. The van der Waals surface area contributed by atoms with Gasteiger partial charge in [-0.1, -0.05) is 18.2 Å². The average Bonchev–Trinajstić information content (AvgIpc) is 3.48. The lowest BCUT2D eigenvalue weighted by atomic mass is 9.72. The Morgan fingerprint density at radius 1 is 0.971 bits per heavy atom. The fourth-order valence-electron chi connectivity index (χ4n) is 6.65. The number of halogens is 1. The van der Waals surface area contributed by atoms with Gasteiger partial charge in [-0.3, -0.25) is 0 Å². The molecule has 0 amide bonds. The second-order valence-electron chi connectivity index (χ2n) is 10.7. The van der Waals surface area contributed by atoms with Gasteiger partial charge < -0.3 is 30.0 Å². The maximum Gasteiger partial charge on any atom is 0.168 e. The highest BCUT2D eigenvalue weighted by Gasteiger charge is 2.52. The third-order valence-corrected chi connectivity index (χ3v) is 8.62. The van der Waals surface area contributed by atoms with E-state index in [0.717, 1.165) is 70.9 Å². The van der Waals surface area contributed by atoms with Crippen LogP contribution in [0, 0.1) is 23.6 Å². The lowest BCUT2D eigenvalue weighted by molar-refractivity contribution is -0.224. The number of hydrogen-bond acceptors (Lipinski definition) is 6. The molecular formula is C27H41FN2O4. The topological polar surface area (TPSA) is 75.0 Å².